The molecule has 0 amide bonds. The van der Waals surface area contributed by atoms with Crippen LogP contribution in [0.1, 0.15) is 29.1 Å². The molecule has 110 valence electrons. The number of ether oxygens (including phenoxy) is 1. The van der Waals surface area contributed by atoms with E-state index < -0.39 is 0 Å². The van der Waals surface area contributed by atoms with Gasteiger partial charge >= 0.3 is 0 Å². The van der Waals surface area contributed by atoms with Gasteiger partial charge < -0.3 is 10.1 Å². The average Bonchev–Trinajstić information content (AvgIpc) is 3.01. The van der Waals surface area contributed by atoms with Crippen molar-refractivity contribution in [1.29, 1.82) is 0 Å². The predicted octanol–water partition coefficient (Wildman–Crippen LogP) is 3.36. The summed E-state index contributed by atoms with van der Waals surface area (Å²) in [5.41, 5.74) is 2.47. The van der Waals surface area contributed by atoms with Gasteiger partial charge in [0.15, 0.2) is 0 Å². The Kier molecular flexibility index (Phi) is 5.77. The van der Waals surface area contributed by atoms with Gasteiger partial charge in [-0.1, -0.05) is 6.92 Å². The minimum Gasteiger partial charge on any atom is -0.383 e. The minimum atomic E-state index is 0.161. The van der Waals surface area contributed by atoms with E-state index in [1.807, 2.05) is 10.9 Å². The van der Waals surface area contributed by atoms with Gasteiger partial charge in [0.2, 0.25) is 0 Å². The predicted molar refractivity (Wildman–Crippen MR) is 86.4 cm³/mol. The molecule has 1 unspecified atom stereocenters. The molecule has 2 aromatic heterocycles. The Hall–Kier alpha value is -0.690. The highest BCUT2D eigenvalue weighted by atomic mass is 79.9. The maximum Gasteiger partial charge on any atom is 0.0856 e. The second-order valence-corrected chi connectivity index (χ2v) is 6.35. The number of aromatic nitrogens is 2. The monoisotopic (exact) mass is 357 g/mol. The van der Waals surface area contributed by atoms with Crippen LogP contribution in [0, 0.1) is 6.92 Å². The standard InChI is InChI=1S/C14H20BrN3OS/c1-4-16-12(14-10(2)5-8-20-14)13-11(15)9-17-18(13)6-7-19-3/h5,8-9,12,16H,4,6-7H2,1-3H3. The molecule has 0 aromatic carbocycles. The summed E-state index contributed by atoms with van der Waals surface area (Å²) >= 11 is 5.41. The van der Waals surface area contributed by atoms with Gasteiger partial charge in [-0.25, -0.2) is 0 Å². The molecule has 6 heteroatoms. The van der Waals surface area contributed by atoms with Gasteiger partial charge in [0, 0.05) is 12.0 Å². The second kappa shape index (κ2) is 7.36. The van der Waals surface area contributed by atoms with Gasteiger partial charge in [-0.3, -0.25) is 4.68 Å². The number of hydrogen-bond acceptors (Lipinski definition) is 4. The van der Waals surface area contributed by atoms with E-state index in [2.05, 4.69) is 51.6 Å². The van der Waals surface area contributed by atoms with E-state index in [0.717, 1.165) is 23.3 Å². The summed E-state index contributed by atoms with van der Waals surface area (Å²) in [6.45, 7) is 6.59. The fourth-order valence-corrected chi connectivity index (χ4v) is 3.74. The van der Waals surface area contributed by atoms with Gasteiger partial charge in [0.1, 0.15) is 0 Å². The summed E-state index contributed by atoms with van der Waals surface area (Å²) in [7, 11) is 1.71. The Bertz CT molecular complexity index is 552. The molecule has 0 aliphatic heterocycles. The van der Waals surface area contributed by atoms with Crippen LogP contribution in [-0.2, 0) is 11.3 Å². The highest BCUT2D eigenvalue weighted by Crippen LogP contribution is 2.33. The van der Waals surface area contributed by atoms with Crippen molar-refractivity contribution >= 4 is 27.3 Å². The van der Waals surface area contributed by atoms with Gasteiger partial charge in [-0.2, -0.15) is 5.10 Å². The van der Waals surface area contributed by atoms with Crippen LogP contribution >= 0.6 is 27.3 Å². The van der Waals surface area contributed by atoms with Crippen molar-refractivity contribution in [1.82, 2.24) is 15.1 Å². The molecule has 0 saturated carbocycles. The van der Waals surface area contributed by atoms with Crippen LogP contribution in [0.3, 0.4) is 0 Å². The molecule has 1 N–H and O–H groups in total. The van der Waals surface area contributed by atoms with Gasteiger partial charge in [-0.05, 0) is 46.4 Å². The number of nitrogens with one attached hydrogen (secondary N) is 1. The van der Waals surface area contributed by atoms with Crippen LogP contribution < -0.4 is 5.32 Å². The maximum absolute atomic E-state index is 5.17. The van der Waals surface area contributed by atoms with E-state index in [1.165, 1.54) is 10.4 Å². The molecule has 2 aromatic rings. The lowest BCUT2D eigenvalue weighted by Crippen LogP contribution is -2.25. The van der Waals surface area contributed by atoms with E-state index in [0.29, 0.717) is 6.61 Å². The zero-order chi connectivity index (χ0) is 14.5. The number of halogens is 1. The van der Waals surface area contributed by atoms with Crippen LogP contribution in [0.4, 0.5) is 0 Å². The van der Waals surface area contributed by atoms with Crippen molar-refractivity contribution in [3.05, 3.63) is 38.3 Å². The molecular weight excluding hydrogens is 338 g/mol. The Balaban J connectivity index is 2.39. The molecule has 0 aliphatic rings. The molecule has 2 rings (SSSR count). The highest BCUT2D eigenvalue weighted by Gasteiger charge is 2.23. The third-order valence-corrected chi connectivity index (χ3v) is 4.88. The van der Waals surface area contributed by atoms with Crippen LogP contribution in [0.5, 0.6) is 0 Å². The van der Waals surface area contributed by atoms with E-state index in [9.17, 15) is 0 Å². The quantitative estimate of drug-likeness (QED) is 0.825. The van der Waals surface area contributed by atoms with E-state index in [1.54, 1.807) is 18.4 Å². The van der Waals surface area contributed by atoms with Crippen molar-refractivity contribution < 1.29 is 4.74 Å². The lowest BCUT2D eigenvalue weighted by Gasteiger charge is -2.20. The third-order valence-electron chi connectivity index (χ3n) is 3.19. The molecule has 1 atom stereocenters. The van der Waals surface area contributed by atoms with Gasteiger partial charge in [-0.15, -0.1) is 11.3 Å². The van der Waals surface area contributed by atoms with E-state index in [-0.39, 0.29) is 6.04 Å². The Morgan fingerprint density at radius 3 is 2.95 bits per heavy atom. The number of aryl methyl sites for hydroxylation is 1. The summed E-state index contributed by atoms with van der Waals surface area (Å²) in [4.78, 5) is 1.34. The lowest BCUT2D eigenvalue weighted by atomic mass is 10.1. The van der Waals surface area contributed by atoms with Gasteiger partial charge in [0.05, 0.1) is 35.6 Å². The zero-order valence-electron chi connectivity index (χ0n) is 12.0. The van der Waals surface area contributed by atoms with Crippen LogP contribution in [0.25, 0.3) is 0 Å². The van der Waals surface area contributed by atoms with Crippen molar-refractivity contribution in [2.45, 2.75) is 26.4 Å². The molecule has 20 heavy (non-hydrogen) atoms. The first-order valence-electron chi connectivity index (χ1n) is 6.66. The Morgan fingerprint density at radius 1 is 1.55 bits per heavy atom. The summed E-state index contributed by atoms with van der Waals surface area (Å²) in [5, 5.41) is 10.2. The average molecular weight is 358 g/mol. The van der Waals surface area contributed by atoms with Crippen molar-refractivity contribution in [3.63, 3.8) is 0 Å². The van der Waals surface area contributed by atoms with Crippen LogP contribution in [0.15, 0.2) is 22.1 Å². The summed E-state index contributed by atoms with van der Waals surface area (Å²) in [6.07, 6.45) is 1.86. The zero-order valence-corrected chi connectivity index (χ0v) is 14.4. The smallest absolute Gasteiger partial charge is 0.0856 e. The maximum atomic E-state index is 5.17. The van der Waals surface area contributed by atoms with Crippen LogP contribution in [0.2, 0.25) is 0 Å². The fourth-order valence-electron chi connectivity index (χ4n) is 2.21. The molecule has 0 bridgehead atoms. The fraction of sp³-hybridized carbons (Fsp3) is 0.500. The first-order valence-corrected chi connectivity index (χ1v) is 8.33. The largest absolute Gasteiger partial charge is 0.383 e. The minimum absolute atomic E-state index is 0.161. The summed E-state index contributed by atoms with van der Waals surface area (Å²) in [5.74, 6) is 0. The van der Waals surface area contributed by atoms with Gasteiger partial charge in [0.25, 0.3) is 0 Å². The summed E-state index contributed by atoms with van der Waals surface area (Å²) < 4.78 is 8.22. The highest BCUT2D eigenvalue weighted by molar-refractivity contribution is 9.10. The molecule has 0 saturated heterocycles. The second-order valence-electron chi connectivity index (χ2n) is 4.55. The van der Waals surface area contributed by atoms with Crippen molar-refractivity contribution in [2.24, 2.45) is 0 Å². The molecular formula is C14H20BrN3OS. The number of rotatable bonds is 7. The molecule has 2 heterocycles. The molecule has 0 aliphatic carbocycles. The lowest BCUT2D eigenvalue weighted by molar-refractivity contribution is 0.182. The number of methoxy groups -OCH3 is 1. The normalized spacial score (nSPS) is 12.8. The number of nitrogens with zero attached hydrogens (tertiary/aromatic N) is 2. The molecule has 0 spiro atoms. The first kappa shape index (κ1) is 15.7. The number of hydrogen-bond donors (Lipinski definition) is 1. The summed E-state index contributed by atoms with van der Waals surface area (Å²) in [6, 6.07) is 2.32. The number of thiophene rings is 1. The Morgan fingerprint density at radius 2 is 2.35 bits per heavy atom. The van der Waals surface area contributed by atoms with Crippen molar-refractivity contribution in [2.75, 3.05) is 20.3 Å². The molecule has 0 fully saturated rings. The third kappa shape index (κ3) is 3.31. The topological polar surface area (TPSA) is 39.1 Å². The molecule has 4 nitrogen and oxygen atoms in total. The molecule has 0 radical (unpaired) electrons. The van der Waals surface area contributed by atoms with Crippen LogP contribution in [-0.4, -0.2) is 30.0 Å². The van der Waals surface area contributed by atoms with E-state index >= 15 is 0 Å². The SMILES string of the molecule is CCNC(c1sccc1C)c1c(Br)cnn1CCOC. The van der Waals surface area contributed by atoms with Crippen molar-refractivity contribution in [3.8, 4) is 0 Å². The first-order chi connectivity index (χ1) is 9.69. The van der Waals surface area contributed by atoms with E-state index in [4.69, 9.17) is 4.74 Å². The Labute approximate surface area is 132 Å².